The molecule has 156 valence electrons. The molecule has 1 amide bonds. The average Bonchev–Trinajstić information content (AvgIpc) is 3.05. The number of hydrogen-bond acceptors (Lipinski definition) is 5. The Morgan fingerprint density at radius 1 is 1.17 bits per heavy atom. The van der Waals surface area contributed by atoms with Gasteiger partial charge in [-0.05, 0) is 36.8 Å². The molecule has 0 aromatic heterocycles. The maximum Gasteiger partial charge on any atom is 0.254 e. The van der Waals surface area contributed by atoms with Crippen molar-refractivity contribution >= 4 is 38.9 Å². The summed E-state index contributed by atoms with van der Waals surface area (Å²) < 4.78 is 34.5. The van der Waals surface area contributed by atoms with Gasteiger partial charge >= 0.3 is 0 Å². The number of ether oxygens (including phenoxy) is 2. The monoisotopic (exact) mass is 457 g/mol. The summed E-state index contributed by atoms with van der Waals surface area (Å²) in [6.07, 6.45) is 0.449. The summed E-state index contributed by atoms with van der Waals surface area (Å²) in [4.78, 5) is 14.3. The summed E-state index contributed by atoms with van der Waals surface area (Å²) in [7, 11) is 0.0301. The van der Waals surface area contributed by atoms with Crippen molar-refractivity contribution in [3.8, 4) is 11.5 Å². The lowest BCUT2D eigenvalue weighted by atomic mass is 10.1. The van der Waals surface area contributed by atoms with Crippen LogP contribution in [0.3, 0.4) is 0 Å². The Balaban J connectivity index is 1.73. The molecule has 0 saturated carbocycles. The number of methoxy groups -OCH3 is 1. The van der Waals surface area contributed by atoms with Crippen molar-refractivity contribution in [3.05, 3.63) is 57.6 Å². The van der Waals surface area contributed by atoms with Gasteiger partial charge in [0.15, 0.2) is 21.3 Å². The smallest absolute Gasteiger partial charge is 0.254 e. The number of halogens is 2. The molecule has 3 rings (SSSR count). The first-order valence-corrected chi connectivity index (χ1v) is 11.5. The molecule has 6 nitrogen and oxygen atoms in total. The van der Waals surface area contributed by atoms with Crippen LogP contribution >= 0.6 is 23.2 Å². The number of rotatable bonds is 6. The molecular weight excluding hydrogens is 437 g/mol. The van der Waals surface area contributed by atoms with E-state index in [9.17, 15) is 13.2 Å². The normalized spacial score (nSPS) is 17.7. The second-order valence-electron chi connectivity index (χ2n) is 6.86. The highest BCUT2D eigenvalue weighted by molar-refractivity contribution is 7.91. The number of hydrogen-bond donors (Lipinski definition) is 0. The highest BCUT2D eigenvalue weighted by atomic mass is 35.5. The highest BCUT2D eigenvalue weighted by Gasteiger charge is 2.33. The molecule has 0 spiro atoms. The van der Waals surface area contributed by atoms with Crippen molar-refractivity contribution in [1.29, 1.82) is 0 Å². The highest BCUT2D eigenvalue weighted by Crippen LogP contribution is 2.31. The van der Waals surface area contributed by atoms with E-state index in [-0.39, 0.29) is 30.1 Å². The SMILES string of the molecule is COc1cc(C(=O)N(C)[C@@H]2CCS(=O)(=O)C2)ccc1OCc1ccc(Cl)cc1Cl. The zero-order chi connectivity index (χ0) is 21.2. The maximum atomic E-state index is 12.8. The summed E-state index contributed by atoms with van der Waals surface area (Å²) in [6.45, 7) is 0.208. The number of amides is 1. The van der Waals surface area contributed by atoms with Crippen LogP contribution in [0, 0.1) is 0 Å². The first-order chi connectivity index (χ1) is 13.7. The molecule has 0 radical (unpaired) electrons. The Morgan fingerprint density at radius 2 is 1.93 bits per heavy atom. The minimum atomic E-state index is -3.07. The van der Waals surface area contributed by atoms with E-state index in [1.54, 1.807) is 43.4 Å². The van der Waals surface area contributed by atoms with Crippen molar-refractivity contribution in [2.45, 2.75) is 19.1 Å². The molecule has 29 heavy (non-hydrogen) atoms. The predicted octanol–water partition coefficient (Wildman–Crippen LogP) is 3.84. The van der Waals surface area contributed by atoms with E-state index >= 15 is 0 Å². The molecule has 2 aromatic carbocycles. The molecule has 1 fully saturated rings. The molecule has 0 unspecified atom stereocenters. The summed E-state index contributed by atoms with van der Waals surface area (Å²) in [6, 6.07) is 9.69. The van der Waals surface area contributed by atoms with E-state index in [0.717, 1.165) is 5.56 Å². The fourth-order valence-electron chi connectivity index (χ4n) is 3.16. The Kier molecular flexibility index (Phi) is 6.61. The third-order valence-corrected chi connectivity index (χ3v) is 7.22. The van der Waals surface area contributed by atoms with Crippen LogP contribution in [0.5, 0.6) is 11.5 Å². The second-order valence-corrected chi connectivity index (χ2v) is 9.94. The van der Waals surface area contributed by atoms with Crippen LogP contribution in [0.1, 0.15) is 22.3 Å². The van der Waals surface area contributed by atoms with Gasteiger partial charge < -0.3 is 14.4 Å². The molecule has 1 heterocycles. The molecule has 9 heteroatoms. The minimum absolute atomic E-state index is 0.00454. The van der Waals surface area contributed by atoms with E-state index < -0.39 is 9.84 Å². The quantitative estimate of drug-likeness (QED) is 0.658. The summed E-state index contributed by atoms with van der Waals surface area (Å²) >= 11 is 12.1. The largest absolute Gasteiger partial charge is 0.493 e. The van der Waals surface area contributed by atoms with Crippen LogP contribution in [0.25, 0.3) is 0 Å². The lowest BCUT2D eigenvalue weighted by Gasteiger charge is -2.24. The summed E-state index contributed by atoms with van der Waals surface area (Å²) in [5.74, 6) is 0.695. The van der Waals surface area contributed by atoms with Crippen LogP contribution in [-0.4, -0.2) is 50.9 Å². The number of carbonyl (C=O) groups excluding carboxylic acids is 1. The molecule has 1 saturated heterocycles. The standard InChI is InChI=1S/C20H21Cl2NO5S/c1-23(16-7-8-29(25,26)12-16)20(24)13-4-6-18(19(9-13)27-2)28-11-14-3-5-15(21)10-17(14)22/h3-6,9-10,16H,7-8,11-12H2,1-2H3/t16-/m1/s1. The zero-order valence-corrected chi connectivity index (χ0v) is 18.4. The van der Waals surface area contributed by atoms with Gasteiger partial charge in [-0.15, -0.1) is 0 Å². The average molecular weight is 458 g/mol. The predicted molar refractivity (Wildman–Crippen MR) is 113 cm³/mol. The Bertz CT molecular complexity index is 1030. The number of benzene rings is 2. The Hall–Kier alpha value is -1.96. The van der Waals surface area contributed by atoms with Crippen molar-refractivity contribution in [2.75, 3.05) is 25.7 Å². The van der Waals surface area contributed by atoms with E-state index in [0.29, 0.717) is 33.5 Å². The van der Waals surface area contributed by atoms with Crippen molar-refractivity contribution < 1.29 is 22.7 Å². The van der Waals surface area contributed by atoms with Crippen LogP contribution in [0.15, 0.2) is 36.4 Å². The lowest BCUT2D eigenvalue weighted by Crippen LogP contribution is -2.37. The Morgan fingerprint density at radius 3 is 2.55 bits per heavy atom. The first kappa shape index (κ1) is 21.7. The topological polar surface area (TPSA) is 72.9 Å². The van der Waals surface area contributed by atoms with Crippen LogP contribution in [0.2, 0.25) is 10.0 Å². The van der Waals surface area contributed by atoms with Gasteiger partial charge in [-0.1, -0.05) is 29.3 Å². The molecular formula is C20H21Cl2NO5S. The molecule has 0 aliphatic carbocycles. The van der Waals surface area contributed by atoms with Gasteiger partial charge in [-0.2, -0.15) is 0 Å². The molecule has 2 aromatic rings. The zero-order valence-electron chi connectivity index (χ0n) is 16.0. The number of carbonyl (C=O) groups is 1. The van der Waals surface area contributed by atoms with Gasteiger partial charge in [0.25, 0.3) is 5.91 Å². The number of sulfone groups is 1. The molecule has 1 aliphatic rings. The van der Waals surface area contributed by atoms with Crippen molar-refractivity contribution in [1.82, 2.24) is 4.90 Å². The van der Waals surface area contributed by atoms with E-state index in [1.165, 1.54) is 12.0 Å². The van der Waals surface area contributed by atoms with E-state index in [4.69, 9.17) is 32.7 Å². The summed E-state index contributed by atoms with van der Waals surface area (Å²) in [5.41, 5.74) is 1.16. The first-order valence-electron chi connectivity index (χ1n) is 8.92. The van der Waals surface area contributed by atoms with Gasteiger partial charge in [-0.3, -0.25) is 4.79 Å². The van der Waals surface area contributed by atoms with Gasteiger partial charge in [0.05, 0.1) is 18.6 Å². The molecule has 0 N–H and O–H groups in total. The van der Waals surface area contributed by atoms with Crippen LogP contribution in [0.4, 0.5) is 0 Å². The van der Waals surface area contributed by atoms with Gasteiger partial charge in [0, 0.05) is 34.3 Å². The number of nitrogens with zero attached hydrogens (tertiary/aromatic N) is 1. The molecule has 0 bridgehead atoms. The third kappa shape index (κ3) is 5.15. The van der Waals surface area contributed by atoms with Crippen LogP contribution < -0.4 is 9.47 Å². The van der Waals surface area contributed by atoms with Crippen molar-refractivity contribution in [3.63, 3.8) is 0 Å². The fraction of sp³-hybridized carbons (Fsp3) is 0.350. The lowest BCUT2D eigenvalue weighted by molar-refractivity contribution is 0.0747. The van der Waals surface area contributed by atoms with Crippen molar-refractivity contribution in [2.24, 2.45) is 0 Å². The molecule has 1 aliphatic heterocycles. The second kappa shape index (κ2) is 8.81. The van der Waals surface area contributed by atoms with Crippen LogP contribution in [-0.2, 0) is 16.4 Å². The van der Waals surface area contributed by atoms with Gasteiger partial charge in [0.1, 0.15) is 6.61 Å². The minimum Gasteiger partial charge on any atom is -0.493 e. The Labute approximate surface area is 180 Å². The van der Waals surface area contributed by atoms with Gasteiger partial charge in [-0.25, -0.2) is 8.42 Å². The van der Waals surface area contributed by atoms with E-state index in [2.05, 4.69) is 0 Å². The van der Waals surface area contributed by atoms with Gasteiger partial charge in [0.2, 0.25) is 0 Å². The fourth-order valence-corrected chi connectivity index (χ4v) is 5.40. The molecule has 1 atom stereocenters. The van der Waals surface area contributed by atoms with E-state index in [1.807, 2.05) is 0 Å². The summed E-state index contributed by atoms with van der Waals surface area (Å²) in [5, 5.41) is 1.04. The maximum absolute atomic E-state index is 12.8. The third-order valence-electron chi connectivity index (χ3n) is 4.89.